The standard InChI is InChI=1S/C12H28N3O2/c1-7-11(13-5,16-9-3)15-12(8-2,14-6)17-10-4/h13-14H,7-10H2,1-6H3. The molecule has 5 heteroatoms. The number of ether oxygens (including phenoxy) is 2. The molecular formula is C12H28N3O2. The van der Waals surface area contributed by atoms with Crippen LogP contribution in [0.4, 0.5) is 0 Å². The van der Waals surface area contributed by atoms with E-state index in [0.717, 1.165) is 12.8 Å². The van der Waals surface area contributed by atoms with Gasteiger partial charge in [-0.2, -0.15) is 0 Å². The van der Waals surface area contributed by atoms with Crippen molar-refractivity contribution in [2.45, 2.75) is 52.2 Å². The van der Waals surface area contributed by atoms with Crippen LogP contribution in [0.2, 0.25) is 0 Å². The van der Waals surface area contributed by atoms with Gasteiger partial charge in [0.25, 0.3) is 0 Å². The molecule has 0 heterocycles. The molecule has 0 aromatic rings. The van der Waals surface area contributed by atoms with E-state index in [-0.39, 0.29) is 0 Å². The van der Waals surface area contributed by atoms with Crippen LogP contribution in [0.1, 0.15) is 40.5 Å². The molecular weight excluding hydrogens is 218 g/mol. The summed E-state index contributed by atoms with van der Waals surface area (Å²) in [6.07, 6.45) is 1.49. The van der Waals surface area contributed by atoms with Crippen molar-refractivity contribution in [3.05, 3.63) is 0 Å². The summed E-state index contributed by atoms with van der Waals surface area (Å²) in [6.45, 7) is 9.22. The fourth-order valence-electron chi connectivity index (χ4n) is 1.81. The van der Waals surface area contributed by atoms with Gasteiger partial charge < -0.3 is 9.47 Å². The Morgan fingerprint density at radius 2 is 1.18 bits per heavy atom. The van der Waals surface area contributed by atoms with Crippen molar-refractivity contribution in [2.75, 3.05) is 27.3 Å². The molecule has 17 heavy (non-hydrogen) atoms. The first-order chi connectivity index (χ1) is 8.07. The summed E-state index contributed by atoms with van der Waals surface area (Å²) in [4.78, 5) is 0. The van der Waals surface area contributed by atoms with Crippen molar-refractivity contribution in [3.63, 3.8) is 0 Å². The van der Waals surface area contributed by atoms with Crippen molar-refractivity contribution in [3.8, 4) is 0 Å². The molecule has 5 nitrogen and oxygen atoms in total. The third kappa shape index (κ3) is 4.52. The molecule has 1 radical (unpaired) electrons. The number of nitrogens with zero attached hydrogens (tertiary/aromatic N) is 1. The van der Waals surface area contributed by atoms with Crippen LogP contribution >= 0.6 is 0 Å². The van der Waals surface area contributed by atoms with Crippen molar-refractivity contribution in [1.82, 2.24) is 16.0 Å². The van der Waals surface area contributed by atoms with Crippen LogP contribution in [0.5, 0.6) is 0 Å². The Bertz CT molecular complexity index is 172. The van der Waals surface area contributed by atoms with Gasteiger partial charge in [-0.05, 0) is 27.9 Å². The Morgan fingerprint density at radius 1 is 0.824 bits per heavy atom. The number of hydrogen-bond donors (Lipinski definition) is 2. The first-order valence-corrected chi connectivity index (χ1v) is 6.47. The molecule has 0 aliphatic rings. The highest BCUT2D eigenvalue weighted by Crippen LogP contribution is 2.19. The normalized spacial score (nSPS) is 18.7. The van der Waals surface area contributed by atoms with Gasteiger partial charge in [0.15, 0.2) is 11.7 Å². The van der Waals surface area contributed by atoms with Gasteiger partial charge >= 0.3 is 0 Å². The molecule has 2 atom stereocenters. The van der Waals surface area contributed by atoms with Gasteiger partial charge in [0.1, 0.15) is 0 Å². The third-order valence-corrected chi connectivity index (χ3v) is 2.87. The molecule has 0 amide bonds. The predicted molar refractivity (Wildman–Crippen MR) is 69.5 cm³/mol. The van der Waals surface area contributed by atoms with Crippen molar-refractivity contribution in [1.29, 1.82) is 0 Å². The molecule has 0 aliphatic heterocycles. The van der Waals surface area contributed by atoms with Crippen molar-refractivity contribution in [2.24, 2.45) is 0 Å². The lowest BCUT2D eigenvalue weighted by atomic mass is 10.2. The Hall–Kier alpha value is -0.200. The van der Waals surface area contributed by atoms with Crippen LogP contribution in [0.25, 0.3) is 0 Å². The summed E-state index contributed by atoms with van der Waals surface area (Å²) in [6, 6.07) is 0. The molecule has 0 aromatic carbocycles. The van der Waals surface area contributed by atoms with Gasteiger partial charge in [0, 0.05) is 26.1 Å². The highest BCUT2D eigenvalue weighted by Gasteiger charge is 2.39. The zero-order valence-corrected chi connectivity index (χ0v) is 12.1. The van der Waals surface area contributed by atoms with E-state index in [4.69, 9.17) is 14.8 Å². The van der Waals surface area contributed by atoms with Gasteiger partial charge in [-0.25, -0.2) is 0 Å². The zero-order chi connectivity index (χ0) is 13.4. The van der Waals surface area contributed by atoms with Gasteiger partial charge in [0.05, 0.1) is 0 Å². The second-order valence-electron chi connectivity index (χ2n) is 3.75. The predicted octanol–water partition coefficient (Wildman–Crippen LogP) is 1.23. The van der Waals surface area contributed by atoms with E-state index in [2.05, 4.69) is 10.6 Å². The minimum Gasteiger partial charge on any atom is -0.346 e. The highest BCUT2D eigenvalue weighted by atomic mass is 16.6. The van der Waals surface area contributed by atoms with Crippen LogP contribution < -0.4 is 16.0 Å². The second-order valence-corrected chi connectivity index (χ2v) is 3.75. The van der Waals surface area contributed by atoms with Crippen LogP contribution in [0, 0.1) is 0 Å². The van der Waals surface area contributed by atoms with Gasteiger partial charge in [-0.3, -0.25) is 10.6 Å². The lowest BCUT2D eigenvalue weighted by molar-refractivity contribution is -0.186. The van der Waals surface area contributed by atoms with Crippen LogP contribution in [0.15, 0.2) is 0 Å². The summed E-state index contributed by atoms with van der Waals surface area (Å²) in [5, 5.41) is 11.0. The fraction of sp³-hybridized carbons (Fsp3) is 1.00. The molecule has 0 fully saturated rings. The van der Waals surface area contributed by atoms with Gasteiger partial charge in [-0.1, -0.05) is 13.8 Å². The molecule has 0 spiro atoms. The first-order valence-electron chi connectivity index (χ1n) is 6.47. The first kappa shape index (κ1) is 16.8. The van der Waals surface area contributed by atoms with Crippen molar-refractivity contribution >= 4 is 0 Å². The molecule has 0 saturated carbocycles. The molecule has 0 aliphatic carbocycles. The third-order valence-electron chi connectivity index (χ3n) is 2.87. The Labute approximate surface area is 106 Å². The lowest BCUT2D eigenvalue weighted by Crippen LogP contribution is -2.66. The van der Waals surface area contributed by atoms with E-state index in [9.17, 15) is 0 Å². The molecule has 103 valence electrons. The summed E-state index contributed by atoms with van der Waals surface area (Å²) < 4.78 is 11.5. The maximum atomic E-state index is 5.74. The second kappa shape index (κ2) is 8.00. The number of nitrogens with one attached hydrogen (secondary N) is 2. The Morgan fingerprint density at radius 3 is 1.35 bits per heavy atom. The summed E-state index contributed by atoms with van der Waals surface area (Å²) in [7, 11) is 3.70. The average Bonchev–Trinajstić information content (AvgIpc) is 2.37. The van der Waals surface area contributed by atoms with E-state index >= 15 is 0 Å². The van der Waals surface area contributed by atoms with Crippen LogP contribution in [-0.4, -0.2) is 39.0 Å². The molecule has 0 saturated heterocycles. The van der Waals surface area contributed by atoms with E-state index in [1.165, 1.54) is 0 Å². The number of rotatable bonds is 10. The Balaban J connectivity index is 4.89. The summed E-state index contributed by atoms with van der Waals surface area (Å²) in [5.41, 5.74) is 0. The Kier molecular flexibility index (Phi) is 7.91. The highest BCUT2D eigenvalue weighted by molar-refractivity contribution is 4.81. The lowest BCUT2D eigenvalue weighted by Gasteiger charge is -2.41. The van der Waals surface area contributed by atoms with Gasteiger partial charge in [0.2, 0.25) is 0 Å². The molecule has 2 N–H and O–H groups in total. The molecule has 0 bridgehead atoms. The monoisotopic (exact) mass is 246 g/mol. The quantitative estimate of drug-likeness (QED) is 0.569. The van der Waals surface area contributed by atoms with E-state index < -0.39 is 11.7 Å². The SMILES string of the molecule is CCOC(CC)([N]C(CC)(NC)OCC)NC. The topological polar surface area (TPSA) is 56.6 Å². The minimum absolute atomic E-state index is 0.605. The molecule has 0 rings (SSSR count). The van der Waals surface area contributed by atoms with E-state index in [1.807, 2.05) is 41.8 Å². The minimum atomic E-state index is -0.692. The van der Waals surface area contributed by atoms with Crippen LogP contribution in [-0.2, 0) is 9.47 Å². The summed E-state index contributed by atoms with van der Waals surface area (Å²) >= 11 is 0. The average molecular weight is 246 g/mol. The molecule has 2 unspecified atom stereocenters. The largest absolute Gasteiger partial charge is 0.346 e. The van der Waals surface area contributed by atoms with E-state index in [0.29, 0.717) is 13.2 Å². The molecule has 0 aromatic heterocycles. The smallest absolute Gasteiger partial charge is 0.193 e. The van der Waals surface area contributed by atoms with E-state index in [1.54, 1.807) is 0 Å². The van der Waals surface area contributed by atoms with Gasteiger partial charge in [-0.15, -0.1) is 5.32 Å². The number of hydrogen-bond acceptors (Lipinski definition) is 4. The zero-order valence-electron chi connectivity index (χ0n) is 12.1. The maximum Gasteiger partial charge on any atom is 0.193 e. The fourth-order valence-corrected chi connectivity index (χ4v) is 1.81. The maximum absolute atomic E-state index is 5.74. The summed E-state index contributed by atoms with van der Waals surface area (Å²) in [5.74, 6) is -1.38. The van der Waals surface area contributed by atoms with Crippen molar-refractivity contribution < 1.29 is 9.47 Å². The van der Waals surface area contributed by atoms with Crippen LogP contribution in [0.3, 0.4) is 0 Å².